The summed E-state index contributed by atoms with van der Waals surface area (Å²) in [5.41, 5.74) is 0.739. The highest BCUT2D eigenvalue weighted by molar-refractivity contribution is 8.00. The summed E-state index contributed by atoms with van der Waals surface area (Å²) in [6.07, 6.45) is 1.38. The molecule has 1 aliphatic rings. The van der Waals surface area contributed by atoms with Crippen LogP contribution in [0.1, 0.15) is 12.7 Å². The number of hydrogen-bond donors (Lipinski definition) is 1. The number of nitrogens with zero attached hydrogens (tertiary/aromatic N) is 2. The molecule has 1 aromatic carbocycles. The molecule has 5 nitrogen and oxygen atoms in total. The average Bonchev–Trinajstić information content (AvgIpc) is 2.85. The van der Waals surface area contributed by atoms with Crippen LogP contribution < -0.4 is 4.31 Å². The van der Waals surface area contributed by atoms with Crippen LogP contribution in [0, 0.1) is 6.92 Å². The molecule has 0 radical (unpaired) electrons. The molecule has 0 amide bonds. The van der Waals surface area contributed by atoms with Crippen molar-refractivity contribution in [3.05, 3.63) is 36.3 Å². The Bertz CT molecular complexity index is 740. The number of nitrogens with one attached hydrogen (secondary N) is 1. The molecule has 20 heavy (non-hydrogen) atoms. The fourth-order valence-electron chi connectivity index (χ4n) is 2.28. The molecular formula is C13H15N3O2S2. The van der Waals surface area contributed by atoms with Crippen LogP contribution in [-0.2, 0) is 10.0 Å². The standard InChI is InChI=1S/C13H15N3O2S2/c1-9-8-19-12-6-4-3-5-11(12)16(9)20(17,18)13-7-14-10(2)15-13/h3-7,9H,8H2,1-2H3,(H,14,15). The minimum atomic E-state index is -3.60. The van der Waals surface area contributed by atoms with Crippen molar-refractivity contribution >= 4 is 27.5 Å². The van der Waals surface area contributed by atoms with E-state index in [1.54, 1.807) is 18.7 Å². The number of hydrogen-bond acceptors (Lipinski definition) is 4. The Hall–Kier alpha value is -1.47. The predicted molar refractivity (Wildman–Crippen MR) is 79.6 cm³/mol. The van der Waals surface area contributed by atoms with Gasteiger partial charge in [0.1, 0.15) is 5.82 Å². The van der Waals surface area contributed by atoms with Gasteiger partial charge < -0.3 is 4.98 Å². The maximum Gasteiger partial charge on any atom is 0.281 e. The quantitative estimate of drug-likeness (QED) is 0.925. The minimum absolute atomic E-state index is 0.0940. The Balaban J connectivity index is 2.13. The fraction of sp³-hybridized carbons (Fsp3) is 0.308. The van der Waals surface area contributed by atoms with Crippen LogP contribution >= 0.6 is 11.8 Å². The molecule has 3 rings (SSSR count). The SMILES string of the molecule is Cc1ncc(S(=O)(=O)N2c3ccccc3SCC2C)[nH]1. The number of anilines is 1. The monoisotopic (exact) mass is 309 g/mol. The first-order chi connectivity index (χ1) is 9.50. The summed E-state index contributed by atoms with van der Waals surface area (Å²) in [6.45, 7) is 3.66. The number of aromatic amines is 1. The molecule has 0 bridgehead atoms. The number of aryl methyl sites for hydroxylation is 1. The molecule has 1 atom stereocenters. The molecule has 2 heterocycles. The van der Waals surface area contributed by atoms with E-state index < -0.39 is 10.0 Å². The van der Waals surface area contributed by atoms with Gasteiger partial charge in [0.25, 0.3) is 10.0 Å². The zero-order valence-electron chi connectivity index (χ0n) is 11.2. The van der Waals surface area contributed by atoms with Gasteiger partial charge in [-0.05, 0) is 26.0 Å². The van der Waals surface area contributed by atoms with Crippen LogP contribution in [-0.4, -0.2) is 30.2 Å². The molecule has 0 aliphatic carbocycles. The molecule has 0 saturated heterocycles. The van der Waals surface area contributed by atoms with E-state index in [9.17, 15) is 8.42 Å². The summed E-state index contributed by atoms with van der Waals surface area (Å²) in [7, 11) is -3.60. The molecule has 106 valence electrons. The van der Waals surface area contributed by atoms with Crippen molar-refractivity contribution in [1.29, 1.82) is 0 Å². The molecule has 1 aliphatic heterocycles. The van der Waals surface area contributed by atoms with Gasteiger partial charge in [0.05, 0.1) is 17.9 Å². The summed E-state index contributed by atoms with van der Waals surface area (Å²) >= 11 is 1.69. The van der Waals surface area contributed by atoms with Gasteiger partial charge in [0.15, 0.2) is 5.03 Å². The van der Waals surface area contributed by atoms with E-state index in [0.717, 1.165) is 16.3 Å². The van der Waals surface area contributed by atoms with Crippen LogP contribution in [0.25, 0.3) is 0 Å². The van der Waals surface area contributed by atoms with Gasteiger partial charge >= 0.3 is 0 Å². The van der Waals surface area contributed by atoms with Crippen LogP contribution in [0.15, 0.2) is 40.4 Å². The number of thioether (sulfide) groups is 1. The lowest BCUT2D eigenvalue weighted by atomic mass is 10.3. The number of sulfonamides is 1. The predicted octanol–water partition coefficient (Wildman–Crippen LogP) is 2.41. The Kier molecular flexibility index (Phi) is 3.25. The minimum Gasteiger partial charge on any atom is -0.332 e. The molecular weight excluding hydrogens is 294 g/mol. The van der Waals surface area contributed by atoms with Crippen molar-refractivity contribution in [1.82, 2.24) is 9.97 Å². The lowest BCUT2D eigenvalue weighted by Crippen LogP contribution is -2.42. The topological polar surface area (TPSA) is 66.1 Å². The highest BCUT2D eigenvalue weighted by Gasteiger charge is 2.35. The largest absolute Gasteiger partial charge is 0.332 e. The Morgan fingerprint density at radius 1 is 1.40 bits per heavy atom. The van der Waals surface area contributed by atoms with Gasteiger partial charge in [0.2, 0.25) is 0 Å². The second-order valence-corrected chi connectivity index (χ2v) is 7.61. The van der Waals surface area contributed by atoms with E-state index in [4.69, 9.17) is 0 Å². The van der Waals surface area contributed by atoms with Crippen molar-refractivity contribution in [2.45, 2.75) is 29.8 Å². The van der Waals surface area contributed by atoms with E-state index in [1.165, 1.54) is 10.5 Å². The Morgan fingerprint density at radius 3 is 2.85 bits per heavy atom. The first-order valence-electron chi connectivity index (χ1n) is 6.28. The van der Waals surface area contributed by atoms with Crippen LogP contribution in [0.2, 0.25) is 0 Å². The first kappa shape index (κ1) is 13.5. The van der Waals surface area contributed by atoms with Crippen LogP contribution in [0.4, 0.5) is 5.69 Å². The second kappa shape index (κ2) is 4.82. The normalized spacial score (nSPS) is 18.9. The molecule has 0 saturated carbocycles. The molecule has 1 N–H and O–H groups in total. The number of para-hydroxylation sites is 1. The van der Waals surface area contributed by atoms with Crippen molar-refractivity contribution in [3.8, 4) is 0 Å². The maximum absolute atomic E-state index is 12.8. The number of benzene rings is 1. The fourth-order valence-corrected chi connectivity index (χ4v) is 5.13. The van der Waals surface area contributed by atoms with Gasteiger partial charge in [-0.3, -0.25) is 4.31 Å². The third kappa shape index (κ3) is 2.10. The van der Waals surface area contributed by atoms with Gasteiger partial charge in [-0.25, -0.2) is 4.98 Å². The highest BCUT2D eigenvalue weighted by Crippen LogP contribution is 2.39. The third-order valence-corrected chi connectivity index (χ3v) is 6.34. The van der Waals surface area contributed by atoms with Crippen molar-refractivity contribution in [2.24, 2.45) is 0 Å². The van der Waals surface area contributed by atoms with Crippen molar-refractivity contribution in [3.63, 3.8) is 0 Å². The van der Waals surface area contributed by atoms with Crippen molar-refractivity contribution in [2.75, 3.05) is 10.1 Å². The van der Waals surface area contributed by atoms with Gasteiger partial charge in [-0.1, -0.05) is 12.1 Å². The second-order valence-electron chi connectivity index (χ2n) is 4.76. The lowest BCUT2D eigenvalue weighted by Gasteiger charge is -2.34. The number of imidazole rings is 1. The van der Waals surface area contributed by atoms with E-state index in [1.807, 2.05) is 31.2 Å². The molecule has 7 heteroatoms. The van der Waals surface area contributed by atoms with E-state index in [-0.39, 0.29) is 11.1 Å². The smallest absolute Gasteiger partial charge is 0.281 e. The Morgan fingerprint density at radius 2 is 2.15 bits per heavy atom. The number of H-pyrrole nitrogens is 1. The number of rotatable bonds is 2. The summed E-state index contributed by atoms with van der Waals surface area (Å²) in [5.74, 6) is 1.33. The molecule has 0 spiro atoms. The Labute approximate surface area is 122 Å². The van der Waals surface area contributed by atoms with E-state index in [2.05, 4.69) is 9.97 Å². The van der Waals surface area contributed by atoms with Gasteiger partial charge in [-0.15, -0.1) is 11.8 Å². The number of fused-ring (bicyclic) bond motifs is 1. The third-order valence-electron chi connectivity index (χ3n) is 3.20. The zero-order valence-corrected chi connectivity index (χ0v) is 12.8. The van der Waals surface area contributed by atoms with Crippen molar-refractivity contribution < 1.29 is 8.42 Å². The van der Waals surface area contributed by atoms with Crippen LogP contribution in [0.5, 0.6) is 0 Å². The van der Waals surface area contributed by atoms with E-state index in [0.29, 0.717) is 5.82 Å². The summed E-state index contributed by atoms with van der Waals surface area (Å²) < 4.78 is 27.1. The summed E-state index contributed by atoms with van der Waals surface area (Å²) in [5, 5.41) is 0.142. The zero-order chi connectivity index (χ0) is 14.3. The maximum atomic E-state index is 12.8. The average molecular weight is 309 g/mol. The first-order valence-corrected chi connectivity index (χ1v) is 8.70. The van der Waals surface area contributed by atoms with Gasteiger partial charge in [-0.2, -0.15) is 8.42 Å². The summed E-state index contributed by atoms with van der Waals surface area (Å²) in [6, 6.07) is 7.49. The van der Waals surface area contributed by atoms with Gasteiger partial charge in [0, 0.05) is 10.6 Å². The highest BCUT2D eigenvalue weighted by atomic mass is 32.2. The number of aromatic nitrogens is 2. The molecule has 0 fully saturated rings. The van der Waals surface area contributed by atoms with E-state index >= 15 is 0 Å². The molecule has 1 aromatic heterocycles. The molecule has 2 aromatic rings. The molecule has 1 unspecified atom stereocenters. The lowest BCUT2D eigenvalue weighted by molar-refractivity contribution is 0.580. The van der Waals surface area contributed by atoms with Crippen LogP contribution in [0.3, 0.4) is 0 Å². The summed E-state index contributed by atoms with van der Waals surface area (Å²) in [4.78, 5) is 7.80.